The van der Waals surface area contributed by atoms with Crippen molar-refractivity contribution in [2.45, 2.75) is 12.6 Å². The van der Waals surface area contributed by atoms with Crippen molar-refractivity contribution in [3.63, 3.8) is 0 Å². The molecule has 0 saturated carbocycles. The molecule has 1 heterocycles. The number of hydrogen-bond donors (Lipinski definition) is 1. The molecule has 1 aromatic heterocycles. The lowest BCUT2D eigenvalue weighted by Crippen LogP contribution is -2.27. The first kappa shape index (κ1) is 15.9. The second-order valence-electron chi connectivity index (χ2n) is 4.90. The Morgan fingerprint density at radius 1 is 1.24 bits per heavy atom. The van der Waals surface area contributed by atoms with Crippen molar-refractivity contribution in [3.05, 3.63) is 64.9 Å². The van der Waals surface area contributed by atoms with Gasteiger partial charge in [-0.2, -0.15) is 0 Å². The van der Waals surface area contributed by atoms with Crippen LogP contribution in [-0.4, -0.2) is 25.4 Å². The lowest BCUT2D eigenvalue weighted by molar-refractivity contribution is 0.551. The molecular weight excluding hydrogens is 308 g/mol. The van der Waals surface area contributed by atoms with E-state index in [-0.39, 0.29) is 11.8 Å². The van der Waals surface area contributed by atoms with Gasteiger partial charge in [0.25, 0.3) is 0 Å². The molecule has 0 aliphatic heterocycles. The summed E-state index contributed by atoms with van der Waals surface area (Å²) in [6.07, 6.45) is 4.48. The van der Waals surface area contributed by atoms with Crippen molar-refractivity contribution in [1.29, 1.82) is 0 Å². The third kappa shape index (κ3) is 5.12. The molecule has 1 aromatic carbocycles. The van der Waals surface area contributed by atoms with E-state index in [1.165, 1.54) is 6.26 Å². The molecule has 0 unspecified atom stereocenters. The molecule has 0 saturated heterocycles. The van der Waals surface area contributed by atoms with E-state index in [0.717, 1.165) is 11.1 Å². The van der Waals surface area contributed by atoms with Crippen LogP contribution in [0.2, 0.25) is 5.02 Å². The predicted octanol–water partition coefficient (Wildman–Crippen LogP) is 2.61. The van der Waals surface area contributed by atoms with E-state index in [2.05, 4.69) is 10.3 Å². The SMILES string of the molecule is CS(=O)(=O)C[C@@H](NCc1ccncc1Cl)c1ccccc1. The van der Waals surface area contributed by atoms with Crippen LogP contribution >= 0.6 is 11.6 Å². The van der Waals surface area contributed by atoms with Gasteiger partial charge in [-0.3, -0.25) is 4.98 Å². The van der Waals surface area contributed by atoms with Gasteiger partial charge in [0.15, 0.2) is 0 Å². The second-order valence-corrected chi connectivity index (χ2v) is 7.50. The maximum absolute atomic E-state index is 11.6. The Balaban J connectivity index is 2.15. The number of benzene rings is 1. The number of hydrogen-bond acceptors (Lipinski definition) is 4. The zero-order valence-corrected chi connectivity index (χ0v) is 13.2. The molecule has 0 radical (unpaired) electrons. The first-order valence-electron chi connectivity index (χ1n) is 6.50. The molecule has 1 atom stereocenters. The highest BCUT2D eigenvalue weighted by atomic mass is 35.5. The number of nitrogens with one attached hydrogen (secondary N) is 1. The van der Waals surface area contributed by atoms with Crippen molar-refractivity contribution in [3.8, 4) is 0 Å². The molecule has 4 nitrogen and oxygen atoms in total. The van der Waals surface area contributed by atoms with Crippen molar-refractivity contribution in [2.24, 2.45) is 0 Å². The number of nitrogens with zero attached hydrogens (tertiary/aromatic N) is 1. The third-order valence-electron chi connectivity index (χ3n) is 3.07. The van der Waals surface area contributed by atoms with Gasteiger partial charge in [-0.25, -0.2) is 8.42 Å². The van der Waals surface area contributed by atoms with Crippen LogP contribution in [0.5, 0.6) is 0 Å². The summed E-state index contributed by atoms with van der Waals surface area (Å²) < 4.78 is 23.2. The standard InChI is InChI=1S/C15H17ClN2O2S/c1-21(19,20)11-15(12-5-3-2-4-6-12)18-9-13-7-8-17-10-14(13)16/h2-8,10,15,18H,9,11H2,1H3/t15-/m1/s1. The van der Waals surface area contributed by atoms with Crippen molar-refractivity contribution in [2.75, 3.05) is 12.0 Å². The van der Waals surface area contributed by atoms with Gasteiger partial charge in [-0.05, 0) is 17.2 Å². The summed E-state index contributed by atoms with van der Waals surface area (Å²) in [6, 6.07) is 11.1. The summed E-state index contributed by atoms with van der Waals surface area (Å²) in [7, 11) is -3.09. The number of aromatic nitrogens is 1. The molecule has 0 aliphatic rings. The zero-order chi connectivity index (χ0) is 15.3. The Morgan fingerprint density at radius 3 is 2.57 bits per heavy atom. The highest BCUT2D eigenvalue weighted by molar-refractivity contribution is 7.90. The molecule has 0 spiro atoms. The fourth-order valence-corrected chi connectivity index (χ4v) is 3.14. The minimum absolute atomic E-state index is 0.0414. The largest absolute Gasteiger partial charge is 0.305 e. The first-order chi connectivity index (χ1) is 9.96. The Kier molecular flexibility index (Phi) is 5.33. The predicted molar refractivity (Wildman–Crippen MR) is 85.0 cm³/mol. The first-order valence-corrected chi connectivity index (χ1v) is 8.94. The van der Waals surface area contributed by atoms with Crippen molar-refractivity contribution >= 4 is 21.4 Å². The van der Waals surface area contributed by atoms with Gasteiger partial charge in [0.05, 0.1) is 10.8 Å². The van der Waals surface area contributed by atoms with Crippen LogP contribution in [0.3, 0.4) is 0 Å². The van der Waals surface area contributed by atoms with Crippen LogP contribution in [0, 0.1) is 0 Å². The lowest BCUT2D eigenvalue weighted by Gasteiger charge is -2.18. The van der Waals surface area contributed by atoms with Crippen LogP contribution in [0.25, 0.3) is 0 Å². The Morgan fingerprint density at radius 2 is 1.95 bits per heavy atom. The topological polar surface area (TPSA) is 59.1 Å². The smallest absolute Gasteiger partial charge is 0.149 e. The van der Waals surface area contributed by atoms with Crippen LogP contribution < -0.4 is 5.32 Å². The van der Waals surface area contributed by atoms with Gasteiger partial charge in [0.2, 0.25) is 0 Å². The third-order valence-corrected chi connectivity index (χ3v) is 4.35. The molecule has 21 heavy (non-hydrogen) atoms. The maximum Gasteiger partial charge on any atom is 0.149 e. The van der Waals surface area contributed by atoms with Gasteiger partial charge in [0.1, 0.15) is 9.84 Å². The highest BCUT2D eigenvalue weighted by Crippen LogP contribution is 2.18. The minimum Gasteiger partial charge on any atom is -0.305 e. The Labute approximate surface area is 130 Å². The molecule has 6 heteroatoms. The van der Waals surface area contributed by atoms with Crippen LogP contribution in [0.15, 0.2) is 48.8 Å². The summed E-state index contributed by atoms with van der Waals surface area (Å²) in [4.78, 5) is 3.93. The number of halogens is 1. The van der Waals surface area contributed by atoms with E-state index in [0.29, 0.717) is 11.6 Å². The Bertz CT molecular complexity index is 690. The van der Waals surface area contributed by atoms with Crippen LogP contribution in [0.4, 0.5) is 0 Å². The molecule has 2 aromatic rings. The van der Waals surface area contributed by atoms with E-state index in [1.807, 2.05) is 36.4 Å². The summed E-state index contributed by atoms with van der Waals surface area (Å²) in [5.74, 6) is 0.0414. The van der Waals surface area contributed by atoms with Gasteiger partial charge < -0.3 is 5.32 Å². The summed E-state index contributed by atoms with van der Waals surface area (Å²) in [5.41, 5.74) is 1.83. The number of pyridine rings is 1. The second kappa shape index (κ2) is 7.02. The molecule has 2 rings (SSSR count). The molecule has 0 bridgehead atoms. The molecule has 112 valence electrons. The van der Waals surface area contributed by atoms with Gasteiger partial charge in [-0.1, -0.05) is 41.9 Å². The lowest BCUT2D eigenvalue weighted by atomic mass is 10.1. The summed E-state index contributed by atoms with van der Waals surface area (Å²) in [6.45, 7) is 0.483. The van der Waals surface area contributed by atoms with E-state index in [4.69, 9.17) is 11.6 Å². The zero-order valence-electron chi connectivity index (χ0n) is 11.7. The van der Waals surface area contributed by atoms with E-state index in [9.17, 15) is 8.42 Å². The summed E-state index contributed by atoms with van der Waals surface area (Å²) >= 11 is 6.07. The van der Waals surface area contributed by atoms with Gasteiger partial charge in [-0.15, -0.1) is 0 Å². The molecule has 0 fully saturated rings. The quantitative estimate of drug-likeness (QED) is 0.887. The number of sulfone groups is 1. The van der Waals surface area contributed by atoms with Gasteiger partial charge in [0, 0.05) is 31.2 Å². The van der Waals surface area contributed by atoms with Gasteiger partial charge >= 0.3 is 0 Å². The summed E-state index contributed by atoms with van der Waals surface area (Å²) in [5, 5.41) is 3.82. The molecule has 0 amide bonds. The fraction of sp³-hybridized carbons (Fsp3) is 0.267. The van der Waals surface area contributed by atoms with E-state index in [1.54, 1.807) is 12.4 Å². The average Bonchev–Trinajstić information content (AvgIpc) is 2.45. The number of rotatable bonds is 6. The maximum atomic E-state index is 11.6. The van der Waals surface area contributed by atoms with Crippen molar-refractivity contribution in [1.82, 2.24) is 10.3 Å². The van der Waals surface area contributed by atoms with Crippen molar-refractivity contribution < 1.29 is 8.42 Å². The molecule has 1 N–H and O–H groups in total. The van der Waals surface area contributed by atoms with Crippen LogP contribution in [0.1, 0.15) is 17.2 Å². The monoisotopic (exact) mass is 324 g/mol. The fourth-order valence-electron chi connectivity index (χ4n) is 2.04. The van der Waals surface area contributed by atoms with Crippen LogP contribution in [-0.2, 0) is 16.4 Å². The average molecular weight is 325 g/mol. The molecular formula is C15H17ClN2O2S. The van der Waals surface area contributed by atoms with E-state index >= 15 is 0 Å². The Hall–Kier alpha value is -1.43. The normalized spacial score (nSPS) is 13.0. The highest BCUT2D eigenvalue weighted by Gasteiger charge is 2.17. The van der Waals surface area contributed by atoms with E-state index < -0.39 is 9.84 Å². The molecule has 0 aliphatic carbocycles. The minimum atomic E-state index is -3.09.